The lowest BCUT2D eigenvalue weighted by Gasteiger charge is -2.16. The highest BCUT2D eigenvalue weighted by Gasteiger charge is 2.21. The lowest BCUT2D eigenvalue weighted by molar-refractivity contribution is -0.916. The van der Waals surface area contributed by atoms with E-state index in [2.05, 4.69) is 4.99 Å². The first-order valence-corrected chi connectivity index (χ1v) is 3.62. The Morgan fingerprint density at radius 3 is 2.40 bits per heavy atom. The van der Waals surface area contributed by atoms with Crippen LogP contribution in [0, 0.1) is 0 Å². The van der Waals surface area contributed by atoms with Gasteiger partial charge in [0.15, 0.2) is 6.04 Å². The van der Waals surface area contributed by atoms with Gasteiger partial charge >= 0.3 is 0 Å². The van der Waals surface area contributed by atoms with E-state index in [4.69, 9.17) is 5.53 Å². The maximum atomic E-state index is 9.71. The lowest BCUT2D eigenvalue weighted by Crippen LogP contribution is -2.24. The van der Waals surface area contributed by atoms with Crippen LogP contribution in [-0.2, 0) is 10.2 Å². The molecule has 10 heavy (non-hydrogen) atoms. The minimum atomic E-state index is -0.0775. The van der Waals surface area contributed by atoms with Crippen LogP contribution in [-0.4, -0.2) is 10.9 Å². The van der Waals surface area contributed by atoms with E-state index in [0.29, 0.717) is 4.86 Å². The Morgan fingerprint density at radius 1 is 1.30 bits per heavy atom. The summed E-state index contributed by atoms with van der Waals surface area (Å²) in [6, 6.07) is -0.0775. The van der Waals surface area contributed by atoms with Crippen LogP contribution in [0.25, 0.3) is 5.53 Å². The average molecular weight is 143 g/mol. The van der Waals surface area contributed by atoms with E-state index in [0.717, 1.165) is 25.7 Å². The molecule has 1 rings (SSSR count). The van der Waals surface area contributed by atoms with Crippen LogP contribution in [0.4, 0.5) is 0 Å². The molecule has 0 N–H and O–H groups in total. The second kappa shape index (κ2) is 3.51. The predicted octanol–water partition coefficient (Wildman–Crippen LogP) is 1.63. The molecule has 1 saturated carbocycles. The van der Waals surface area contributed by atoms with E-state index < -0.39 is 0 Å². The van der Waals surface area contributed by atoms with Gasteiger partial charge in [-0.2, -0.15) is 0 Å². The molecule has 4 nitrogen and oxygen atoms in total. The van der Waals surface area contributed by atoms with Crippen molar-refractivity contribution in [2.24, 2.45) is 0 Å². The summed E-state index contributed by atoms with van der Waals surface area (Å²) < 4.78 is 0. The van der Waals surface area contributed by atoms with Gasteiger partial charge in [0, 0.05) is 12.8 Å². The zero-order valence-corrected chi connectivity index (χ0v) is 5.82. The highest BCUT2D eigenvalue weighted by molar-refractivity contribution is 4.62. The van der Waals surface area contributed by atoms with Crippen LogP contribution in [0.5, 0.6) is 0 Å². The summed E-state index contributed by atoms with van der Waals surface area (Å²) >= 11 is 0. The van der Waals surface area contributed by atoms with Crippen LogP contribution < -0.4 is 0 Å². The molecule has 0 saturated heterocycles. The largest absolute Gasteiger partial charge is 0.447 e. The van der Waals surface area contributed by atoms with Gasteiger partial charge in [0.25, 0.3) is 0 Å². The Kier molecular flexibility index (Phi) is 2.62. The van der Waals surface area contributed by atoms with E-state index >= 15 is 0 Å². The van der Waals surface area contributed by atoms with E-state index in [1.165, 1.54) is 6.42 Å². The molecule has 0 atom stereocenters. The molecule has 0 spiro atoms. The van der Waals surface area contributed by atoms with Crippen molar-refractivity contribution >= 4 is 0 Å². The van der Waals surface area contributed by atoms with Crippen molar-refractivity contribution in [2.45, 2.75) is 38.1 Å². The summed E-state index contributed by atoms with van der Waals surface area (Å²) in [5.41, 5.74) is 8.78. The molecule has 0 heterocycles. The van der Waals surface area contributed by atoms with Crippen molar-refractivity contribution in [3.05, 3.63) is 5.53 Å². The second-order valence-electron chi connectivity index (χ2n) is 2.67. The Balaban J connectivity index is 2.31. The van der Waals surface area contributed by atoms with Crippen LogP contribution in [0.1, 0.15) is 32.1 Å². The molecule has 0 aromatic carbocycles. The summed E-state index contributed by atoms with van der Waals surface area (Å²) in [7, 11) is 0. The first-order valence-electron chi connectivity index (χ1n) is 3.62. The van der Waals surface area contributed by atoms with E-state index in [9.17, 15) is 5.26 Å². The van der Waals surface area contributed by atoms with E-state index in [-0.39, 0.29) is 6.04 Å². The molecular formula is C6H11N2O2. The lowest BCUT2D eigenvalue weighted by atomic mass is 9.96. The number of hydroxylamine groups is 1. The molecule has 0 aromatic rings. The van der Waals surface area contributed by atoms with Crippen LogP contribution >= 0.6 is 0 Å². The molecular weight excluding hydrogens is 132 g/mol. The fourth-order valence-electron chi connectivity index (χ4n) is 1.36. The van der Waals surface area contributed by atoms with Gasteiger partial charge in [-0.15, -0.1) is 0 Å². The van der Waals surface area contributed by atoms with Gasteiger partial charge in [-0.25, -0.2) is 0 Å². The van der Waals surface area contributed by atoms with Crippen molar-refractivity contribution in [3.63, 3.8) is 0 Å². The molecule has 0 amide bonds. The molecule has 0 aliphatic heterocycles. The number of hydrogen-bond donors (Lipinski definition) is 0. The summed E-state index contributed by atoms with van der Waals surface area (Å²) in [4.78, 5) is 3.86. The van der Waals surface area contributed by atoms with Crippen LogP contribution in [0.2, 0.25) is 0 Å². The van der Waals surface area contributed by atoms with Crippen molar-refractivity contribution in [3.8, 4) is 0 Å². The maximum absolute atomic E-state index is 9.71. The molecule has 0 aromatic heterocycles. The SMILES string of the molecule is [N-]=[N+](O[O])C1CCCCC1. The van der Waals surface area contributed by atoms with Gasteiger partial charge in [0.1, 0.15) is 0 Å². The predicted molar refractivity (Wildman–Crippen MR) is 32.3 cm³/mol. The van der Waals surface area contributed by atoms with Crippen LogP contribution in [0.15, 0.2) is 0 Å². The average Bonchev–Trinajstić information content (AvgIpc) is 2.05. The van der Waals surface area contributed by atoms with Crippen molar-refractivity contribution < 1.29 is 15.1 Å². The molecule has 0 unspecified atom stereocenters. The minimum Gasteiger partial charge on any atom is -0.447 e. The Hall–Kier alpha value is -0.640. The summed E-state index contributed by atoms with van der Waals surface area (Å²) in [5, 5.41) is 9.71. The van der Waals surface area contributed by atoms with Crippen molar-refractivity contribution in [2.75, 3.05) is 0 Å². The summed E-state index contributed by atoms with van der Waals surface area (Å²) in [6.45, 7) is 0. The zero-order valence-electron chi connectivity index (χ0n) is 5.82. The fourth-order valence-corrected chi connectivity index (χ4v) is 1.36. The summed E-state index contributed by atoms with van der Waals surface area (Å²) in [5.74, 6) is 0. The van der Waals surface area contributed by atoms with Crippen molar-refractivity contribution in [1.82, 2.24) is 0 Å². The Bertz CT molecular complexity index is 121. The monoisotopic (exact) mass is 143 g/mol. The molecule has 1 aliphatic carbocycles. The smallest absolute Gasteiger partial charge is 0.193 e. The third kappa shape index (κ3) is 1.67. The number of hydrogen-bond acceptors (Lipinski definition) is 1. The van der Waals surface area contributed by atoms with Gasteiger partial charge in [0.2, 0.25) is 0 Å². The molecule has 0 bridgehead atoms. The van der Waals surface area contributed by atoms with Gasteiger partial charge < -0.3 is 5.53 Å². The highest BCUT2D eigenvalue weighted by Crippen LogP contribution is 2.19. The van der Waals surface area contributed by atoms with Crippen molar-refractivity contribution in [1.29, 1.82) is 0 Å². The van der Waals surface area contributed by atoms with E-state index in [1.54, 1.807) is 0 Å². The maximum Gasteiger partial charge on any atom is 0.193 e. The molecule has 4 heteroatoms. The first kappa shape index (κ1) is 7.47. The van der Waals surface area contributed by atoms with Gasteiger partial charge in [-0.3, -0.25) is 0 Å². The third-order valence-corrected chi connectivity index (χ3v) is 1.96. The molecule has 57 valence electrons. The zero-order chi connectivity index (χ0) is 7.40. The fraction of sp³-hybridized carbons (Fsp3) is 1.00. The molecule has 1 radical (unpaired) electrons. The number of nitrogens with zero attached hydrogens (tertiary/aromatic N) is 2. The molecule has 1 aliphatic rings. The number of rotatable bonds is 2. The Labute approximate surface area is 59.8 Å². The standard InChI is InChI=1S/C6H11N2O2/c7-8(10-9)6-4-2-1-3-5-6/h6H,1-5H2. The third-order valence-electron chi connectivity index (χ3n) is 1.96. The topological polar surface area (TPSA) is 54.4 Å². The quantitative estimate of drug-likeness (QED) is 0.251. The first-order chi connectivity index (χ1) is 4.84. The van der Waals surface area contributed by atoms with Gasteiger partial charge in [-0.05, 0) is 12.8 Å². The van der Waals surface area contributed by atoms with E-state index in [1.807, 2.05) is 0 Å². The molecule has 1 fully saturated rings. The summed E-state index contributed by atoms with van der Waals surface area (Å²) in [6.07, 6.45) is 5.07. The Morgan fingerprint density at radius 2 is 1.90 bits per heavy atom. The van der Waals surface area contributed by atoms with Crippen LogP contribution in [0.3, 0.4) is 0 Å². The minimum absolute atomic E-state index is 0.0775. The van der Waals surface area contributed by atoms with Gasteiger partial charge in [-0.1, -0.05) is 16.3 Å². The highest BCUT2D eigenvalue weighted by atomic mass is 17.2. The van der Waals surface area contributed by atoms with Gasteiger partial charge in [0.05, 0.1) is 5.26 Å². The second-order valence-corrected chi connectivity index (χ2v) is 2.67. The normalized spacial score (nSPS) is 20.5.